The predicted octanol–water partition coefficient (Wildman–Crippen LogP) is 2.12. The minimum absolute atomic E-state index is 0.473. The average Bonchev–Trinajstić information content (AvgIpc) is 2.83. The Hall–Kier alpha value is -0.930. The molecule has 94 valence electrons. The van der Waals surface area contributed by atoms with Gasteiger partial charge in [0.05, 0.1) is 6.10 Å². The summed E-state index contributed by atoms with van der Waals surface area (Å²) in [6, 6.07) is 4.19. The van der Waals surface area contributed by atoms with Crippen LogP contribution in [0.5, 0.6) is 0 Å². The van der Waals surface area contributed by atoms with Gasteiger partial charge in [-0.15, -0.1) is 0 Å². The molecular formula is C14H22N2O. The Bertz CT molecular complexity index is 309. The van der Waals surface area contributed by atoms with E-state index in [0.29, 0.717) is 6.10 Å². The fourth-order valence-electron chi connectivity index (χ4n) is 2.33. The van der Waals surface area contributed by atoms with Gasteiger partial charge in [-0.05, 0) is 57.0 Å². The lowest BCUT2D eigenvalue weighted by Crippen LogP contribution is -2.29. The van der Waals surface area contributed by atoms with Crippen LogP contribution < -0.4 is 0 Å². The molecule has 1 aromatic heterocycles. The number of rotatable bonds is 6. The molecule has 0 bridgehead atoms. The van der Waals surface area contributed by atoms with Gasteiger partial charge in [-0.25, -0.2) is 0 Å². The predicted molar refractivity (Wildman–Crippen MR) is 69.0 cm³/mol. The van der Waals surface area contributed by atoms with E-state index in [-0.39, 0.29) is 0 Å². The fraction of sp³-hybridized carbons (Fsp3) is 0.643. The van der Waals surface area contributed by atoms with Crippen molar-refractivity contribution in [3.8, 4) is 0 Å². The Kier molecular flexibility index (Phi) is 4.95. The molecule has 1 aliphatic rings. The first-order chi connectivity index (χ1) is 8.34. The molecule has 17 heavy (non-hydrogen) atoms. The lowest BCUT2D eigenvalue weighted by Gasteiger charge is -2.20. The molecule has 3 heteroatoms. The second-order valence-corrected chi connectivity index (χ2v) is 4.86. The fourth-order valence-corrected chi connectivity index (χ4v) is 2.33. The van der Waals surface area contributed by atoms with Crippen molar-refractivity contribution >= 4 is 0 Å². The van der Waals surface area contributed by atoms with Gasteiger partial charge in [-0.2, -0.15) is 0 Å². The third-order valence-corrected chi connectivity index (χ3v) is 3.29. The van der Waals surface area contributed by atoms with Gasteiger partial charge in [-0.1, -0.05) is 0 Å². The van der Waals surface area contributed by atoms with Crippen LogP contribution in [0.15, 0.2) is 24.5 Å². The Labute approximate surface area is 104 Å². The standard InChI is InChI=1S/C14H22N2O/c1-16(12-14-5-3-11-17-14)10-2-4-13-6-8-15-9-7-13/h6-9,14H,2-5,10-12H2,1H3/t14-/m0/s1. The zero-order valence-corrected chi connectivity index (χ0v) is 10.6. The van der Waals surface area contributed by atoms with Gasteiger partial charge in [0, 0.05) is 25.5 Å². The second-order valence-electron chi connectivity index (χ2n) is 4.86. The summed E-state index contributed by atoms with van der Waals surface area (Å²) >= 11 is 0. The van der Waals surface area contributed by atoms with Gasteiger partial charge >= 0.3 is 0 Å². The van der Waals surface area contributed by atoms with Crippen molar-refractivity contribution < 1.29 is 4.74 Å². The number of likely N-dealkylation sites (N-methyl/N-ethyl adjacent to an activating group) is 1. The van der Waals surface area contributed by atoms with Crippen LogP contribution in [0.2, 0.25) is 0 Å². The van der Waals surface area contributed by atoms with E-state index in [1.807, 2.05) is 12.4 Å². The summed E-state index contributed by atoms with van der Waals surface area (Å²) in [6.45, 7) is 3.17. The summed E-state index contributed by atoms with van der Waals surface area (Å²) < 4.78 is 5.64. The Balaban J connectivity index is 1.61. The number of nitrogens with zero attached hydrogens (tertiary/aromatic N) is 2. The van der Waals surface area contributed by atoms with E-state index < -0.39 is 0 Å². The van der Waals surface area contributed by atoms with Crippen LogP contribution >= 0.6 is 0 Å². The highest BCUT2D eigenvalue weighted by Crippen LogP contribution is 2.13. The molecule has 0 amide bonds. The van der Waals surface area contributed by atoms with E-state index in [9.17, 15) is 0 Å². The van der Waals surface area contributed by atoms with Crippen LogP contribution in [0.3, 0.4) is 0 Å². The summed E-state index contributed by atoms with van der Waals surface area (Å²) in [6.07, 6.45) is 9.01. The molecule has 1 aliphatic heterocycles. The molecule has 3 nitrogen and oxygen atoms in total. The zero-order chi connectivity index (χ0) is 11.9. The zero-order valence-electron chi connectivity index (χ0n) is 10.6. The summed E-state index contributed by atoms with van der Waals surface area (Å²) in [4.78, 5) is 6.42. The van der Waals surface area contributed by atoms with Crippen molar-refractivity contribution in [2.24, 2.45) is 0 Å². The third-order valence-electron chi connectivity index (χ3n) is 3.29. The normalized spacial score (nSPS) is 20.0. The smallest absolute Gasteiger partial charge is 0.0702 e. The Morgan fingerprint density at radius 2 is 2.24 bits per heavy atom. The van der Waals surface area contributed by atoms with Crippen molar-refractivity contribution in [3.63, 3.8) is 0 Å². The SMILES string of the molecule is CN(CCCc1ccncc1)C[C@@H]1CCCO1. The summed E-state index contributed by atoms with van der Waals surface area (Å²) in [7, 11) is 2.19. The molecule has 0 N–H and O–H groups in total. The van der Waals surface area contributed by atoms with E-state index in [1.165, 1.54) is 24.8 Å². The highest BCUT2D eigenvalue weighted by molar-refractivity contribution is 5.09. The van der Waals surface area contributed by atoms with E-state index in [4.69, 9.17) is 4.74 Å². The van der Waals surface area contributed by atoms with Crippen molar-refractivity contribution in [1.29, 1.82) is 0 Å². The van der Waals surface area contributed by atoms with Gasteiger partial charge in [-0.3, -0.25) is 4.98 Å². The molecule has 0 spiro atoms. The van der Waals surface area contributed by atoms with E-state index in [2.05, 4.69) is 29.1 Å². The van der Waals surface area contributed by atoms with Gasteiger partial charge in [0.2, 0.25) is 0 Å². The molecule has 1 atom stereocenters. The summed E-state index contributed by atoms with van der Waals surface area (Å²) in [5.41, 5.74) is 1.38. The highest BCUT2D eigenvalue weighted by Gasteiger charge is 2.16. The quantitative estimate of drug-likeness (QED) is 0.754. The maximum absolute atomic E-state index is 5.64. The first-order valence-corrected chi connectivity index (χ1v) is 6.53. The number of pyridine rings is 1. The summed E-state index contributed by atoms with van der Waals surface area (Å²) in [5, 5.41) is 0. The van der Waals surface area contributed by atoms with Crippen LogP contribution in [0, 0.1) is 0 Å². The van der Waals surface area contributed by atoms with E-state index >= 15 is 0 Å². The molecule has 0 saturated carbocycles. The number of hydrogen-bond acceptors (Lipinski definition) is 3. The first kappa shape index (κ1) is 12.5. The molecule has 2 rings (SSSR count). The summed E-state index contributed by atoms with van der Waals surface area (Å²) in [5.74, 6) is 0. The number of ether oxygens (including phenoxy) is 1. The highest BCUT2D eigenvalue weighted by atomic mass is 16.5. The Morgan fingerprint density at radius 1 is 1.41 bits per heavy atom. The number of aryl methyl sites for hydroxylation is 1. The van der Waals surface area contributed by atoms with Crippen molar-refractivity contribution in [1.82, 2.24) is 9.88 Å². The van der Waals surface area contributed by atoms with Crippen LogP contribution in [0.4, 0.5) is 0 Å². The third kappa shape index (κ3) is 4.44. The molecule has 0 unspecified atom stereocenters. The van der Waals surface area contributed by atoms with Crippen molar-refractivity contribution in [3.05, 3.63) is 30.1 Å². The van der Waals surface area contributed by atoms with Gasteiger partial charge < -0.3 is 9.64 Å². The topological polar surface area (TPSA) is 25.4 Å². The van der Waals surface area contributed by atoms with Crippen molar-refractivity contribution in [2.75, 3.05) is 26.7 Å². The number of aromatic nitrogens is 1. The van der Waals surface area contributed by atoms with Crippen LogP contribution in [-0.4, -0.2) is 42.7 Å². The first-order valence-electron chi connectivity index (χ1n) is 6.53. The minimum Gasteiger partial charge on any atom is -0.377 e. The lowest BCUT2D eigenvalue weighted by molar-refractivity contribution is 0.0810. The van der Waals surface area contributed by atoms with E-state index in [1.54, 1.807) is 0 Å². The number of hydrogen-bond donors (Lipinski definition) is 0. The van der Waals surface area contributed by atoms with Gasteiger partial charge in [0.15, 0.2) is 0 Å². The van der Waals surface area contributed by atoms with Crippen LogP contribution in [-0.2, 0) is 11.2 Å². The largest absolute Gasteiger partial charge is 0.377 e. The Morgan fingerprint density at radius 3 is 2.94 bits per heavy atom. The van der Waals surface area contributed by atoms with E-state index in [0.717, 1.165) is 26.1 Å². The molecular weight excluding hydrogens is 212 g/mol. The molecule has 2 heterocycles. The van der Waals surface area contributed by atoms with Crippen LogP contribution in [0.25, 0.3) is 0 Å². The monoisotopic (exact) mass is 234 g/mol. The van der Waals surface area contributed by atoms with Crippen LogP contribution in [0.1, 0.15) is 24.8 Å². The van der Waals surface area contributed by atoms with Crippen molar-refractivity contribution in [2.45, 2.75) is 31.8 Å². The molecule has 1 fully saturated rings. The van der Waals surface area contributed by atoms with Gasteiger partial charge in [0.25, 0.3) is 0 Å². The molecule has 0 aromatic carbocycles. The second kappa shape index (κ2) is 6.72. The molecule has 1 saturated heterocycles. The lowest BCUT2D eigenvalue weighted by atomic mass is 10.1. The minimum atomic E-state index is 0.473. The maximum Gasteiger partial charge on any atom is 0.0702 e. The molecule has 1 aromatic rings. The maximum atomic E-state index is 5.64. The molecule has 0 radical (unpaired) electrons. The van der Waals surface area contributed by atoms with Gasteiger partial charge in [0.1, 0.15) is 0 Å². The average molecular weight is 234 g/mol. The molecule has 0 aliphatic carbocycles.